The zero-order chi connectivity index (χ0) is 16.2. The molecule has 2 rings (SSSR count). The van der Waals surface area contributed by atoms with Crippen molar-refractivity contribution in [3.63, 3.8) is 0 Å². The number of aryl methyl sites for hydroxylation is 1. The third-order valence-corrected chi connectivity index (χ3v) is 5.01. The average molecular weight is 317 g/mol. The van der Waals surface area contributed by atoms with E-state index in [4.69, 9.17) is 0 Å². The Hall–Kier alpha value is -2.14. The molecule has 0 saturated heterocycles. The predicted octanol–water partition coefficient (Wildman–Crippen LogP) is 2.65. The number of benzene rings is 2. The molecule has 2 aromatic rings. The monoisotopic (exact) mass is 317 g/mol. The van der Waals surface area contributed by atoms with Crippen LogP contribution in [-0.4, -0.2) is 20.1 Å². The smallest absolute Gasteiger partial charge is 0.236 e. The number of hydrogen-bond donors (Lipinski definition) is 1. The Morgan fingerprint density at radius 3 is 2.23 bits per heavy atom. The SMILES string of the molecule is Cc1ccc(S(=O)(=O)CC(=O)N[C@H](C)c2ccccc2)cc1. The van der Waals surface area contributed by atoms with Crippen molar-refractivity contribution < 1.29 is 13.2 Å². The number of amides is 1. The van der Waals surface area contributed by atoms with E-state index in [1.807, 2.05) is 44.2 Å². The molecule has 2 aromatic carbocycles. The molecule has 0 saturated carbocycles. The van der Waals surface area contributed by atoms with Crippen molar-refractivity contribution in [2.24, 2.45) is 0 Å². The van der Waals surface area contributed by atoms with Gasteiger partial charge in [-0.2, -0.15) is 0 Å². The standard InChI is InChI=1S/C17H19NO3S/c1-13-8-10-16(11-9-13)22(20,21)12-17(19)18-14(2)15-6-4-3-5-7-15/h3-11,14H,12H2,1-2H3,(H,18,19)/t14-/m1/s1. The van der Waals surface area contributed by atoms with Crippen molar-refractivity contribution in [1.82, 2.24) is 5.32 Å². The van der Waals surface area contributed by atoms with E-state index in [-0.39, 0.29) is 10.9 Å². The summed E-state index contributed by atoms with van der Waals surface area (Å²) < 4.78 is 24.4. The fourth-order valence-electron chi connectivity index (χ4n) is 2.11. The second kappa shape index (κ2) is 6.75. The number of carbonyl (C=O) groups is 1. The van der Waals surface area contributed by atoms with Gasteiger partial charge in [-0.25, -0.2) is 8.42 Å². The summed E-state index contributed by atoms with van der Waals surface area (Å²) in [7, 11) is -3.62. The number of hydrogen-bond acceptors (Lipinski definition) is 3. The highest BCUT2D eigenvalue weighted by molar-refractivity contribution is 7.92. The third-order valence-electron chi connectivity index (χ3n) is 3.38. The highest BCUT2D eigenvalue weighted by Crippen LogP contribution is 2.14. The molecule has 0 fully saturated rings. The lowest BCUT2D eigenvalue weighted by Gasteiger charge is -2.14. The summed E-state index contributed by atoms with van der Waals surface area (Å²) in [5.41, 5.74) is 1.91. The summed E-state index contributed by atoms with van der Waals surface area (Å²) in [6.07, 6.45) is 0. The van der Waals surface area contributed by atoms with Gasteiger partial charge in [0.05, 0.1) is 10.9 Å². The minimum Gasteiger partial charge on any atom is -0.349 e. The van der Waals surface area contributed by atoms with Gasteiger partial charge < -0.3 is 5.32 Å². The van der Waals surface area contributed by atoms with Gasteiger partial charge in [0, 0.05) is 0 Å². The minimum absolute atomic E-state index is 0.167. The van der Waals surface area contributed by atoms with Crippen LogP contribution >= 0.6 is 0 Å². The van der Waals surface area contributed by atoms with Crippen molar-refractivity contribution in [3.8, 4) is 0 Å². The van der Waals surface area contributed by atoms with Gasteiger partial charge in [-0.1, -0.05) is 48.0 Å². The first kappa shape index (κ1) is 16.2. The van der Waals surface area contributed by atoms with E-state index < -0.39 is 21.5 Å². The average Bonchev–Trinajstić information content (AvgIpc) is 2.48. The Morgan fingerprint density at radius 2 is 1.64 bits per heavy atom. The second-order valence-electron chi connectivity index (χ2n) is 5.27. The molecule has 1 N–H and O–H groups in total. The molecule has 0 aliphatic heterocycles. The minimum atomic E-state index is -3.62. The highest BCUT2D eigenvalue weighted by atomic mass is 32.2. The van der Waals surface area contributed by atoms with Crippen molar-refractivity contribution >= 4 is 15.7 Å². The summed E-state index contributed by atoms with van der Waals surface area (Å²) in [6.45, 7) is 3.70. The Labute approximate surface area is 131 Å². The molecule has 4 nitrogen and oxygen atoms in total. The molecule has 1 amide bonds. The number of carbonyl (C=O) groups excluding carboxylic acids is 1. The van der Waals surface area contributed by atoms with Crippen LogP contribution in [0.3, 0.4) is 0 Å². The summed E-state index contributed by atoms with van der Waals surface area (Å²) in [5.74, 6) is -1.05. The molecule has 1 atom stereocenters. The molecule has 0 spiro atoms. The molecule has 0 radical (unpaired) electrons. The van der Waals surface area contributed by atoms with Crippen LogP contribution in [0.25, 0.3) is 0 Å². The molecule has 0 aromatic heterocycles. The van der Waals surface area contributed by atoms with Crippen molar-refractivity contribution in [2.45, 2.75) is 24.8 Å². The zero-order valence-corrected chi connectivity index (χ0v) is 13.4. The summed E-state index contributed by atoms with van der Waals surface area (Å²) in [4.78, 5) is 12.2. The third kappa shape index (κ3) is 4.18. The van der Waals surface area contributed by atoms with Gasteiger partial charge in [-0.15, -0.1) is 0 Å². The van der Waals surface area contributed by atoms with Gasteiger partial charge in [0.25, 0.3) is 0 Å². The van der Waals surface area contributed by atoms with Crippen LogP contribution in [0, 0.1) is 6.92 Å². The van der Waals surface area contributed by atoms with Gasteiger partial charge >= 0.3 is 0 Å². The molecule has 0 heterocycles. The Balaban J connectivity index is 2.03. The fraction of sp³-hybridized carbons (Fsp3) is 0.235. The first-order chi connectivity index (χ1) is 10.4. The molecule has 116 valence electrons. The van der Waals surface area contributed by atoms with E-state index in [1.54, 1.807) is 12.1 Å². The highest BCUT2D eigenvalue weighted by Gasteiger charge is 2.20. The van der Waals surface area contributed by atoms with Crippen LogP contribution < -0.4 is 5.32 Å². The lowest BCUT2D eigenvalue weighted by Crippen LogP contribution is -2.32. The van der Waals surface area contributed by atoms with Gasteiger partial charge in [0.1, 0.15) is 5.75 Å². The zero-order valence-electron chi connectivity index (χ0n) is 12.6. The summed E-state index contributed by atoms with van der Waals surface area (Å²) in [6, 6.07) is 15.7. The first-order valence-electron chi connectivity index (χ1n) is 7.02. The molecular weight excluding hydrogens is 298 g/mol. The quantitative estimate of drug-likeness (QED) is 0.922. The summed E-state index contributed by atoms with van der Waals surface area (Å²) >= 11 is 0. The number of sulfone groups is 1. The largest absolute Gasteiger partial charge is 0.349 e. The first-order valence-corrected chi connectivity index (χ1v) is 8.67. The van der Waals surface area contributed by atoms with Crippen LogP contribution in [0.1, 0.15) is 24.1 Å². The van der Waals surface area contributed by atoms with Gasteiger partial charge in [-0.05, 0) is 31.5 Å². The maximum absolute atomic E-state index is 12.2. The van der Waals surface area contributed by atoms with Crippen molar-refractivity contribution in [3.05, 3.63) is 65.7 Å². The van der Waals surface area contributed by atoms with E-state index >= 15 is 0 Å². The molecule has 0 aliphatic rings. The van der Waals surface area contributed by atoms with Crippen molar-refractivity contribution in [1.29, 1.82) is 0 Å². The van der Waals surface area contributed by atoms with Crippen LogP contribution in [-0.2, 0) is 14.6 Å². The van der Waals surface area contributed by atoms with Crippen LogP contribution in [0.15, 0.2) is 59.5 Å². The van der Waals surface area contributed by atoms with E-state index in [0.29, 0.717) is 0 Å². The van der Waals surface area contributed by atoms with Crippen molar-refractivity contribution in [2.75, 3.05) is 5.75 Å². The number of nitrogens with one attached hydrogen (secondary N) is 1. The number of rotatable bonds is 5. The molecule has 0 aliphatic carbocycles. The molecule has 5 heteroatoms. The van der Waals surface area contributed by atoms with Crippen LogP contribution in [0.2, 0.25) is 0 Å². The Bertz CT molecular complexity index is 737. The molecule has 0 bridgehead atoms. The predicted molar refractivity (Wildman–Crippen MR) is 86.2 cm³/mol. The molecule has 0 unspecified atom stereocenters. The van der Waals surface area contributed by atoms with Crippen LogP contribution in [0.5, 0.6) is 0 Å². The maximum atomic E-state index is 12.2. The summed E-state index contributed by atoms with van der Waals surface area (Å²) in [5, 5.41) is 2.72. The van der Waals surface area contributed by atoms with E-state index in [9.17, 15) is 13.2 Å². The van der Waals surface area contributed by atoms with Gasteiger partial charge in [0.15, 0.2) is 9.84 Å². The van der Waals surface area contributed by atoms with E-state index in [0.717, 1.165) is 11.1 Å². The molecular formula is C17H19NO3S. The second-order valence-corrected chi connectivity index (χ2v) is 7.26. The van der Waals surface area contributed by atoms with Gasteiger partial charge in [-0.3, -0.25) is 4.79 Å². The van der Waals surface area contributed by atoms with E-state index in [2.05, 4.69) is 5.32 Å². The fourth-order valence-corrected chi connectivity index (χ4v) is 3.26. The topological polar surface area (TPSA) is 63.2 Å². The Morgan fingerprint density at radius 1 is 1.05 bits per heavy atom. The Kier molecular flexibility index (Phi) is 4.98. The lowest BCUT2D eigenvalue weighted by atomic mass is 10.1. The molecule has 22 heavy (non-hydrogen) atoms. The van der Waals surface area contributed by atoms with Crippen LogP contribution in [0.4, 0.5) is 0 Å². The lowest BCUT2D eigenvalue weighted by molar-refractivity contribution is -0.119. The maximum Gasteiger partial charge on any atom is 0.236 e. The van der Waals surface area contributed by atoms with Gasteiger partial charge in [0.2, 0.25) is 5.91 Å². The van der Waals surface area contributed by atoms with E-state index in [1.165, 1.54) is 12.1 Å². The normalized spacial score (nSPS) is 12.6.